The third kappa shape index (κ3) is 4.42. The van der Waals surface area contributed by atoms with Crippen LogP contribution in [0.4, 0.5) is 0 Å². The van der Waals surface area contributed by atoms with Gasteiger partial charge < -0.3 is 14.4 Å². The predicted octanol–water partition coefficient (Wildman–Crippen LogP) is 3.06. The molecule has 0 saturated carbocycles. The van der Waals surface area contributed by atoms with E-state index in [1.165, 1.54) is 0 Å². The molecule has 1 aromatic heterocycles. The van der Waals surface area contributed by atoms with E-state index in [1.807, 2.05) is 48.4 Å². The molecular formula is C23H27N3O2. The highest BCUT2D eigenvalue weighted by Gasteiger charge is 2.21. The highest BCUT2D eigenvalue weighted by Crippen LogP contribution is 2.21. The first-order valence-electron chi connectivity index (χ1n) is 9.60. The number of aromatic nitrogens is 1. The fraction of sp³-hybridized carbons (Fsp3) is 0.304. The number of piperazine rings is 1. The van der Waals surface area contributed by atoms with Crippen molar-refractivity contribution in [3.05, 3.63) is 83.4 Å². The van der Waals surface area contributed by atoms with Crippen molar-refractivity contribution in [2.75, 3.05) is 26.2 Å². The fourth-order valence-corrected chi connectivity index (χ4v) is 3.51. The number of hydrogen-bond acceptors (Lipinski definition) is 3. The Morgan fingerprint density at radius 2 is 1.75 bits per heavy atom. The molecule has 1 aliphatic heterocycles. The lowest BCUT2D eigenvalue weighted by Crippen LogP contribution is -2.48. The maximum atomic E-state index is 12.6. The first-order chi connectivity index (χ1) is 13.5. The molecule has 3 rings (SSSR count). The van der Waals surface area contributed by atoms with Crippen molar-refractivity contribution in [3.8, 4) is 11.1 Å². The molecule has 0 N–H and O–H groups in total. The molecule has 0 spiro atoms. The largest absolute Gasteiger partial charge is 0.368 e. The van der Waals surface area contributed by atoms with Gasteiger partial charge in [-0.05, 0) is 24.1 Å². The smallest absolute Gasteiger partial charge is 0.250 e. The number of hydrogen-bond donors (Lipinski definition) is 0. The number of carbonyl (C=O) groups excluding carboxylic acids is 1. The number of carbonyl (C=O) groups is 1. The van der Waals surface area contributed by atoms with Gasteiger partial charge in [0.25, 0.3) is 5.56 Å². The van der Waals surface area contributed by atoms with E-state index < -0.39 is 0 Å². The third-order valence-electron chi connectivity index (χ3n) is 5.26. The Kier molecular flexibility index (Phi) is 6.14. The van der Waals surface area contributed by atoms with Crippen molar-refractivity contribution in [1.82, 2.24) is 14.4 Å². The minimum atomic E-state index is -0.0721. The normalized spacial score (nSPS) is 14.0. The second-order valence-corrected chi connectivity index (χ2v) is 7.08. The molecule has 1 fully saturated rings. The summed E-state index contributed by atoms with van der Waals surface area (Å²) < 4.78 is 1.64. The van der Waals surface area contributed by atoms with Crippen LogP contribution in [0.2, 0.25) is 0 Å². The molecule has 1 amide bonds. The van der Waals surface area contributed by atoms with Crippen LogP contribution in [0.25, 0.3) is 11.1 Å². The average molecular weight is 377 g/mol. The maximum Gasteiger partial charge on any atom is 0.250 e. The average Bonchev–Trinajstić information content (AvgIpc) is 2.73. The summed E-state index contributed by atoms with van der Waals surface area (Å²) in [5.74, 6) is 0.0811. The fourth-order valence-electron chi connectivity index (χ4n) is 3.51. The van der Waals surface area contributed by atoms with Gasteiger partial charge in [-0.3, -0.25) is 9.59 Å². The summed E-state index contributed by atoms with van der Waals surface area (Å²) in [4.78, 5) is 29.0. The van der Waals surface area contributed by atoms with E-state index >= 15 is 0 Å². The van der Waals surface area contributed by atoms with Crippen LogP contribution in [0, 0.1) is 6.92 Å². The van der Waals surface area contributed by atoms with Crippen LogP contribution in [-0.4, -0.2) is 46.5 Å². The minimum Gasteiger partial charge on any atom is -0.368 e. The molecule has 1 saturated heterocycles. The van der Waals surface area contributed by atoms with Crippen molar-refractivity contribution in [1.29, 1.82) is 0 Å². The SMILES string of the molecule is C=CC(=C)N1CCN(C(=O)CCn2cc(-c3ccccc3)c(C)cc2=O)CC1. The molecular weight excluding hydrogens is 350 g/mol. The minimum absolute atomic E-state index is 0.0721. The van der Waals surface area contributed by atoms with Gasteiger partial charge >= 0.3 is 0 Å². The summed E-state index contributed by atoms with van der Waals surface area (Å²) in [6.45, 7) is 12.9. The van der Waals surface area contributed by atoms with Crippen molar-refractivity contribution in [2.24, 2.45) is 0 Å². The summed E-state index contributed by atoms with van der Waals surface area (Å²) in [6.07, 6.45) is 3.93. The third-order valence-corrected chi connectivity index (χ3v) is 5.26. The van der Waals surface area contributed by atoms with Gasteiger partial charge in [0.15, 0.2) is 0 Å². The van der Waals surface area contributed by atoms with Crippen LogP contribution in [0.5, 0.6) is 0 Å². The second-order valence-electron chi connectivity index (χ2n) is 7.08. The molecule has 5 heteroatoms. The number of amides is 1. The molecule has 0 radical (unpaired) electrons. The highest BCUT2D eigenvalue weighted by atomic mass is 16.2. The van der Waals surface area contributed by atoms with E-state index in [0.717, 1.165) is 35.5 Å². The number of nitrogens with zero attached hydrogens (tertiary/aromatic N) is 3. The summed E-state index contributed by atoms with van der Waals surface area (Å²) in [7, 11) is 0. The van der Waals surface area contributed by atoms with Crippen molar-refractivity contribution in [2.45, 2.75) is 19.9 Å². The first kappa shape index (κ1) is 19.7. The zero-order valence-corrected chi connectivity index (χ0v) is 16.4. The van der Waals surface area contributed by atoms with Crippen molar-refractivity contribution < 1.29 is 4.79 Å². The summed E-state index contributed by atoms with van der Waals surface area (Å²) in [5.41, 5.74) is 3.85. The number of allylic oxidation sites excluding steroid dienone is 1. The molecule has 2 heterocycles. The Morgan fingerprint density at radius 1 is 1.11 bits per heavy atom. The summed E-state index contributed by atoms with van der Waals surface area (Å²) in [6, 6.07) is 11.6. The molecule has 28 heavy (non-hydrogen) atoms. The van der Waals surface area contributed by atoms with Gasteiger partial charge in [-0.15, -0.1) is 0 Å². The van der Waals surface area contributed by atoms with E-state index in [9.17, 15) is 9.59 Å². The number of aryl methyl sites for hydroxylation is 2. The quantitative estimate of drug-likeness (QED) is 0.727. The van der Waals surface area contributed by atoms with E-state index in [-0.39, 0.29) is 11.5 Å². The van der Waals surface area contributed by atoms with Crippen LogP contribution >= 0.6 is 0 Å². The number of rotatable bonds is 6. The molecule has 1 aromatic carbocycles. The van der Waals surface area contributed by atoms with Gasteiger partial charge in [-0.2, -0.15) is 0 Å². The maximum absolute atomic E-state index is 12.6. The van der Waals surface area contributed by atoms with Gasteiger partial charge in [0, 0.05) is 62.7 Å². The lowest BCUT2D eigenvalue weighted by molar-refractivity contribution is -0.132. The topological polar surface area (TPSA) is 45.5 Å². The highest BCUT2D eigenvalue weighted by molar-refractivity contribution is 5.76. The lowest BCUT2D eigenvalue weighted by Gasteiger charge is -2.36. The van der Waals surface area contributed by atoms with Crippen molar-refractivity contribution in [3.63, 3.8) is 0 Å². The summed E-state index contributed by atoms with van der Waals surface area (Å²) >= 11 is 0. The molecule has 0 bridgehead atoms. The molecule has 0 aliphatic carbocycles. The summed E-state index contributed by atoms with van der Waals surface area (Å²) in [5, 5.41) is 0. The number of pyridine rings is 1. The predicted molar refractivity (Wildman–Crippen MR) is 113 cm³/mol. The Morgan fingerprint density at radius 3 is 2.39 bits per heavy atom. The standard InChI is InChI=1S/C23H27N3O2/c1-4-19(3)24-12-14-25(15-13-24)22(27)10-11-26-17-21(18(2)16-23(26)28)20-8-6-5-7-9-20/h4-9,16-17H,1,3,10-15H2,2H3. The first-order valence-corrected chi connectivity index (χ1v) is 9.60. The Labute approximate surface area is 166 Å². The van der Waals surface area contributed by atoms with Crippen LogP contribution in [0.1, 0.15) is 12.0 Å². The molecule has 2 aromatic rings. The molecule has 146 valence electrons. The molecule has 0 atom stereocenters. The van der Waals surface area contributed by atoms with Crippen LogP contribution in [0.3, 0.4) is 0 Å². The Hall–Kier alpha value is -3.08. The van der Waals surface area contributed by atoms with E-state index in [1.54, 1.807) is 16.7 Å². The Balaban J connectivity index is 1.65. The van der Waals surface area contributed by atoms with Gasteiger partial charge in [-0.25, -0.2) is 0 Å². The molecule has 5 nitrogen and oxygen atoms in total. The monoisotopic (exact) mass is 377 g/mol. The van der Waals surface area contributed by atoms with Gasteiger partial charge in [0.2, 0.25) is 5.91 Å². The molecule has 1 aliphatic rings. The number of benzene rings is 1. The van der Waals surface area contributed by atoms with E-state index in [2.05, 4.69) is 18.1 Å². The Bertz CT molecular complexity index is 923. The molecule has 0 unspecified atom stereocenters. The van der Waals surface area contributed by atoms with Crippen LogP contribution < -0.4 is 5.56 Å². The zero-order chi connectivity index (χ0) is 20.1. The van der Waals surface area contributed by atoms with Crippen LogP contribution in [-0.2, 0) is 11.3 Å². The zero-order valence-electron chi connectivity index (χ0n) is 16.4. The van der Waals surface area contributed by atoms with Crippen molar-refractivity contribution >= 4 is 5.91 Å². The second kappa shape index (κ2) is 8.74. The lowest BCUT2D eigenvalue weighted by atomic mass is 10.0. The van der Waals surface area contributed by atoms with E-state index in [4.69, 9.17) is 0 Å². The van der Waals surface area contributed by atoms with Gasteiger partial charge in [0.1, 0.15) is 0 Å². The van der Waals surface area contributed by atoms with Gasteiger partial charge in [0.05, 0.1) is 0 Å². The van der Waals surface area contributed by atoms with Crippen LogP contribution in [0.15, 0.2) is 72.3 Å². The van der Waals surface area contributed by atoms with Gasteiger partial charge in [-0.1, -0.05) is 43.5 Å². The van der Waals surface area contributed by atoms with E-state index in [0.29, 0.717) is 26.1 Å².